The lowest BCUT2D eigenvalue weighted by Crippen LogP contribution is -1.83. The molecule has 0 saturated carbocycles. The van der Waals surface area contributed by atoms with E-state index in [0.717, 1.165) is 22.3 Å². The van der Waals surface area contributed by atoms with E-state index in [9.17, 15) is 9.90 Å². The van der Waals surface area contributed by atoms with Gasteiger partial charge in [-0.3, -0.25) is 4.79 Å². The van der Waals surface area contributed by atoms with Crippen molar-refractivity contribution < 1.29 is 9.90 Å². The number of aryl methyl sites for hydroxylation is 1. The Labute approximate surface area is 91.8 Å². The van der Waals surface area contributed by atoms with E-state index in [1.54, 1.807) is 29.5 Å². The topological polar surface area (TPSA) is 37.3 Å². The summed E-state index contributed by atoms with van der Waals surface area (Å²) in [6.45, 7) is 1.98. The van der Waals surface area contributed by atoms with Crippen LogP contribution in [0.2, 0.25) is 0 Å². The summed E-state index contributed by atoms with van der Waals surface area (Å²) in [5.41, 5.74) is 2.42. The van der Waals surface area contributed by atoms with Gasteiger partial charge in [0.15, 0.2) is 0 Å². The van der Waals surface area contributed by atoms with Crippen LogP contribution >= 0.6 is 11.3 Å². The van der Waals surface area contributed by atoms with Gasteiger partial charge in [-0.1, -0.05) is 0 Å². The van der Waals surface area contributed by atoms with E-state index in [1.165, 1.54) is 0 Å². The van der Waals surface area contributed by atoms with Gasteiger partial charge >= 0.3 is 0 Å². The number of rotatable bonds is 2. The molecule has 0 radical (unpaired) electrons. The van der Waals surface area contributed by atoms with E-state index in [1.807, 2.05) is 18.4 Å². The standard InChI is InChI=1S/C12H10O2S/c1-8-4-5-15-12(8)10-6-9(7-13)2-3-11(10)14/h2-7,14H,1H3. The number of carbonyl (C=O) groups is 1. The summed E-state index contributed by atoms with van der Waals surface area (Å²) < 4.78 is 0. The zero-order valence-corrected chi connectivity index (χ0v) is 9.04. The largest absolute Gasteiger partial charge is 0.507 e. The van der Waals surface area contributed by atoms with Crippen LogP contribution in [0.15, 0.2) is 29.6 Å². The second-order valence-corrected chi connectivity index (χ2v) is 4.24. The van der Waals surface area contributed by atoms with Crippen LogP contribution in [0.5, 0.6) is 5.75 Å². The van der Waals surface area contributed by atoms with Gasteiger partial charge in [-0.25, -0.2) is 0 Å². The van der Waals surface area contributed by atoms with E-state index >= 15 is 0 Å². The molecule has 15 heavy (non-hydrogen) atoms. The number of aromatic hydroxyl groups is 1. The molecule has 0 atom stereocenters. The molecule has 0 aliphatic heterocycles. The number of hydrogen-bond donors (Lipinski definition) is 1. The van der Waals surface area contributed by atoms with Crippen LogP contribution in [-0.4, -0.2) is 11.4 Å². The maximum atomic E-state index is 10.6. The number of thiophene rings is 1. The van der Waals surface area contributed by atoms with Gasteiger partial charge in [-0.15, -0.1) is 11.3 Å². The average Bonchev–Trinajstić information content (AvgIpc) is 2.65. The minimum atomic E-state index is 0.214. The molecule has 0 spiro atoms. The summed E-state index contributed by atoms with van der Waals surface area (Å²) in [4.78, 5) is 11.7. The van der Waals surface area contributed by atoms with Crippen molar-refractivity contribution in [2.75, 3.05) is 0 Å². The molecule has 0 aliphatic carbocycles. The van der Waals surface area contributed by atoms with Crippen molar-refractivity contribution in [3.8, 4) is 16.2 Å². The van der Waals surface area contributed by atoms with Crippen LogP contribution in [0.1, 0.15) is 15.9 Å². The minimum absolute atomic E-state index is 0.214. The second kappa shape index (κ2) is 3.87. The first-order chi connectivity index (χ1) is 7.22. The van der Waals surface area contributed by atoms with E-state index in [4.69, 9.17) is 0 Å². The Balaban J connectivity index is 2.61. The van der Waals surface area contributed by atoms with Gasteiger partial charge in [0.25, 0.3) is 0 Å². The lowest BCUT2D eigenvalue weighted by atomic mass is 10.1. The van der Waals surface area contributed by atoms with E-state index < -0.39 is 0 Å². The van der Waals surface area contributed by atoms with Crippen LogP contribution in [0, 0.1) is 6.92 Å². The van der Waals surface area contributed by atoms with E-state index in [-0.39, 0.29) is 5.75 Å². The first-order valence-electron chi connectivity index (χ1n) is 4.55. The summed E-state index contributed by atoms with van der Waals surface area (Å²) in [6.07, 6.45) is 0.784. The van der Waals surface area contributed by atoms with E-state index in [2.05, 4.69) is 0 Å². The second-order valence-electron chi connectivity index (χ2n) is 3.33. The molecule has 76 valence electrons. The molecule has 2 aromatic rings. The Morgan fingerprint density at radius 2 is 2.13 bits per heavy atom. The summed E-state index contributed by atoms with van der Waals surface area (Å²) in [5.74, 6) is 0.214. The highest BCUT2D eigenvalue weighted by Gasteiger charge is 2.09. The molecular formula is C12H10O2S. The predicted octanol–water partition coefficient (Wildman–Crippen LogP) is 3.24. The van der Waals surface area contributed by atoms with Gasteiger partial charge in [-0.2, -0.15) is 0 Å². The monoisotopic (exact) mass is 218 g/mol. The van der Waals surface area contributed by atoms with Crippen LogP contribution in [0.3, 0.4) is 0 Å². The Morgan fingerprint density at radius 3 is 2.73 bits per heavy atom. The number of aldehydes is 1. The molecule has 3 heteroatoms. The number of carbonyl (C=O) groups excluding carboxylic acids is 1. The lowest BCUT2D eigenvalue weighted by Gasteiger charge is -2.04. The maximum absolute atomic E-state index is 10.6. The normalized spacial score (nSPS) is 10.2. The molecule has 0 aliphatic rings. The molecule has 1 aromatic carbocycles. The molecule has 0 unspecified atom stereocenters. The first kappa shape index (κ1) is 9.93. The lowest BCUT2D eigenvalue weighted by molar-refractivity contribution is 0.112. The molecule has 0 amide bonds. The molecule has 1 aromatic heterocycles. The zero-order valence-electron chi connectivity index (χ0n) is 8.23. The molecule has 0 bridgehead atoms. The fraction of sp³-hybridized carbons (Fsp3) is 0.0833. The Hall–Kier alpha value is -1.61. The van der Waals surface area contributed by atoms with Gasteiger partial charge in [-0.05, 0) is 42.1 Å². The highest BCUT2D eigenvalue weighted by atomic mass is 32.1. The van der Waals surface area contributed by atoms with Gasteiger partial charge < -0.3 is 5.11 Å². The third-order valence-electron chi connectivity index (χ3n) is 2.26. The summed E-state index contributed by atoms with van der Waals surface area (Å²) in [7, 11) is 0. The van der Waals surface area contributed by atoms with Gasteiger partial charge in [0.05, 0.1) is 0 Å². The molecule has 1 heterocycles. The van der Waals surface area contributed by atoms with Crippen LogP contribution in [-0.2, 0) is 0 Å². The van der Waals surface area contributed by atoms with Crippen LogP contribution in [0.4, 0.5) is 0 Å². The minimum Gasteiger partial charge on any atom is -0.507 e. The fourth-order valence-corrected chi connectivity index (χ4v) is 2.41. The van der Waals surface area contributed by atoms with Crippen LogP contribution < -0.4 is 0 Å². The van der Waals surface area contributed by atoms with Crippen molar-refractivity contribution in [3.63, 3.8) is 0 Å². The van der Waals surface area contributed by atoms with Crippen molar-refractivity contribution in [3.05, 3.63) is 40.8 Å². The number of benzene rings is 1. The summed E-state index contributed by atoms with van der Waals surface area (Å²) >= 11 is 1.56. The smallest absolute Gasteiger partial charge is 0.150 e. The first-order valence-corrected chi connectivity index (χ1v) is 5.43. The van der Waals surface area contributed by atoms with Crippen molar-refractivity contribution in [2.24, 2.45) is 0 Å². The van der Waals surface area contributed by atoms with Gasteiger partial charge in [0.1, 0.15) is 12.0 Å². The molecular weight excluding hydrogens is 208 g/mol. The average molecular weight is 218 g/mol. The Kier molecular flexibility index (Phi) is 2.56. The van der Waals surface area contributed by atoms with Crippen LogP contribution in [0.25, 0.3) is 10.4 Å². The molecule has 2 rings (SSSR count). The molecule has 0 fully saturated rings. The quantitative estimate of drug-likeness (QED) is 0.786. The predicted molar refractivity (Wildman–Crippen MR) is 61.5 cm³/mol. The van der Waals surface area contributed by atoms with Crippen molar-refractivity contribution in [2.45, 2.75) is 6.92 Å². The van der Waals surface area contributed by atoms with Crippen molar-refractivity contribution >= 4 is 17.6 Å². The SMILES string of the molecule is Cc1ccsc1-c1cc(C=O)ccc1O. The number of phenols is 1. The van der Waals surface area contributed by atoms with Gasteiger partial charge in [0.2, 0.25) is 0 Å². The summed E-state index contributed by atoms with van der Waals surface area (Å²) in [6, 6.07) is 6.86. The Morgan fingerprint density at radius 1 is 1.33 bits per heavy atom. The molecule has 2 nitrogen and oxygen atoms in total. The zero-order chi connectivity index (χ0) is 10.8. The van der Waals surface area contributed by atoms with Gasteiger partial charge in [0, 0.05) is 16.0 Å². The summed E-state index contributed by atoms with van der Waals surface area (Å²) in [5, 5.41) is 11.7. The molecule has 0 saturated heterocycles. The number of phenolic OH excluding ortho intramolecular Hbond substituents is 1. The molecule has 1 N–H and O–H groups in total. The third-order valence-corrected chi connectivity index (χ3v) is 3.31. The Bertz CT molecular complexity index is 500. The highest BCUT2D eigenvalue weighted by molar-refractivity contribution is 7.13. The third kappa shape index (κ3) is 1.78. The van der Waals surface area contributed by atoms with Crippen molar-refractivity contribution in [1.82, 2.24) is 0 Å². The number of hydrogen-bond acceptors (Lipinski definition) is 3. The maximum Gasteiger partial charge on any atom is 0.150 e. The fourth-order valence-electron chi connectivity index (χ4n) is 1.46. The van der Waals surface area contributed by atoms with Crippen molar-refractivity contribution in [1.29, 1.82) is 0 Å². The van der Waals surface area contributed by atoms with E-state index in [0.29, 0.717) is 5.56 Å². The highest BCUT2D eigenvalue weighted by Crippen LogP contribution is 2.35.